The Balaban J connectivity index is 4.40. The lowest BCUT2D eigenvalue weighted by atomic mass is 10.2. The minimum absolute atomic E-state index is 0.564. The van der Waals surface area contributed by atoms with E-state index in [0.717, 1.165) is 11.3 Å². The largest absolute Gasteiger partial charge is 0.404 e. The molecule has 0 aliphatic heterocycles. The predicted octanol–water partition coefficient (Wildman–Crippen LogP) is 0.197. The summed E-state index contributed by atoms with van der Waals surface area (Å²) in [4.78, 5) is 15.7. The van der Waals surface area contributed by atoms with E-state index in [0.29, 0.717) is 6.54 Å². The molecule has 0 radical (unpaired) electrons. The minimum Gasteiger partial charge on any atom is -0.404 e. The zero-order valence-corrected chi connectivity index (χ0v) is 8.24. The summed E-state index contributed by atoms with van der Waals surface area (Å²) in [6, 6.07) is 0. The van der Waals surface area contributed by atoms with Crippen molar-refractivity contribution in [2.24, 2.45) is 10.7 Å². The van der Waals surface area contributed by atoms with E-state index < -0.39 is 0 Å². The average molecular weight is 181 g/mol. The highest BCUT2D eigenvalue weighted by atomic mass is 16.1. The Hall–Kier alpha value is -1.54. The van der Waals surface area contributed by atoms with Gasteiger partial charge >= 0.3 is 0 Å². The molecule has 0 heterocycles. The molecule has 0 atom stereocenters. The zero-order valence-electron chi connectivity index (χ0n) is 8.24. The molecule has 0 aromatic rings. The molecular weight excluding hydrogens is 166 g/mol. The van der Waals surface area contributed by atoms with Gasteiger partial charge in [-0.15, -0.1) is 0 Å². The standard InChI is InChI=1S/C9H15N3O/c1-8(11-2)9(6-10)7-12(3)4-5-13/h4,6H,7,10H2,1-3H3/b9-6-,11-8?. The van der Waals surface area contributed by atoms with Gasteiger partial charge in [0.1, 0.15) is 5.94 Å². The van der Waals surface area contributed by atoms with Crippen LogP contribution in [0.5, 0.6) is 0 Å². The minimum atomic E-state index is 0.564. The Labute approximate surface area is 78.4 Å². The van der Waals surface area contributed by atoms with Crippen molar-refractivity contribution in [1.82, 2.24) is 4.90 Å². The number of nitrogens with two attached hydrogens (primary N) is 1. The summed E-state index contributed by atoms with van der Waals surface area (Å²) >= 11 is 0. The second kappa shape index (κ2) is 6.03. The normalized spacial score (nSPS) is 12.2. The number of rotatable bonds is 4. The molecule has 0 aliphatic rings. The van der Waals surface area contributed by atoms with Crippen molar-refractivity contribution >= 4 is 11.7 Å². The molecule has 13 heavy (non-hydrogen) atoms. The van der Waals surface area contributed by atoms with E-state index in [9.17, 15) is 4.79 Å². The highest BCUT2D eigenvalue weighted by Gasteiger charge is 2.02. The lowest BCUT2D eigenvalue weighted by molar-refractivity contribution is 0.497. The quantitative estimate of drug-likeness (QED) is 0.498. The SMILES string of the molecule is CN=C(C)/C(=C\N)CN(C)C=C=O. The fourth-order valence-electron chi connectivity index (χ4n) is 0.836. The molecule has 0 fully saturated rings. The lowest BCUT2D eigenvalue weighted by Crippen LogP contribution is -2.19. The number of aliphatic imine (C=N–C) groups is 1. The molecule has 2 N–H and O–H groups in total. The molecule has 0 saturated heterocycles. The summed E-state index contributed by atoms with van der Waals surface area (Å²) < 4.78 is 0. The monoisotopic (exact) mass is 181 g/mol. The van der Waals surface area contributed by atoms with E-state index in [1.807, 2.05) is 6.92 Å². The van der Waals surface area contributed by atoms with Crippen molar-refractivity contribution in [2.75, 3.05) is 20.6 Å². The number of nitrogens with zero attached hydrogens (tertiary/aromatic N) is 2. The number of hydrogen-bond acceptors (Lipinski definition) is 4. The number of carbonyl (C=O) groups excluding carboxylic acids is 1. The molecule has 72 valence electrons. The second-order valence-electron chi connectivity index (χ2n) is 2.66. The van der Waals surface area contributed by atoms with E-state index in [2.05, 4.69) is 4.99 Å². The van der Waals surface area contributed by atoms with Crippen molar-refractivity contribution in [3.8, 4) is 0 Å². The van der Waals surface area contributed by atoms with Crippen LogP contribution in [0.3, 0.4) is 0 Å². The van der Waals surface area contributed by atoms with Gasteiger partial charge in [0.25, 0.3) is 0 Å². The summed E-state index contributed by atoms with van der Waals surface area (Å²) in [5, 5.41) is 0. The maximum atomic E-state index is 10.0. The van der Waals surface area contributed by atoms with Gasteiger partial charge in [0.05, 0.1) is 6.20 Å². The summed E-state index contributed by atoms with van der Waals surface area (Å²) in [7, 11) is 3.48. The average Bonchev–Trinajstić information content (AvgIpc) is 2.13. The molecule has 0 rings (SSSR count). The van der Waals surface area contributed by atoms with Gasteiger partial charge in [0.2, 0.25) is 0 Å². The first-order valence-corrected chi connectivity index (χ1v) is 3.91. The molecule has 0 aromatic carbocycles. The summed E-state index contributed by atoms with van der Waals surface area (Å²) in [6.07, 6.45) is 2.82. The van der Waals surface area contributed by atoms with Crippen LogP contribution < -0.4 is 5.73 Å². The number of likely N-dealkylation sites (N-methyl/N-ethyl adjacent to an activating group) is 1. The highest BCUT2D eigenvalue weighted by molar-refractivity contribution is 5.98. The smallest absolute Gasteiger partial charge is 0.142 e. The topological polar surface area (TPSA) is 58.7 Å². The van der Waals surface area contributed by atoms with Gasteiger partial charge in [-0.2, -0.15) is 0 Å². The van der Waals surface area contributed by atoms with Gasteiger partial charge < -0.3 is 10.6 Å². The van der Waals surface area contributed by atoms with Gasteiger partial charge in [-0.05, 0) is 6.92 Å². The fourth-order valence-corrected chi connectivity index (χ4v) is 0.836. The van der Waals surface area contributed by atoms with E-state index in [1.54, 1.807) is 24.9 Å². The third-order valence-corrected chi connectivity index (χ3v) is 1.69. The van der Waals surface area contributed by atoms with Crippen molar-refractivity contribution in [3.05, 3.63) is 18.0 Å². The van der Waals surface area contributed by atoms with Crippen molar-refractivity contribution in [1.29, 1.82) is 0 Å². The van der Waals surface area contributed by atoms with Crippen LogP contribution in [0.25, 0.3) is 0 Å². The number of hydrogen-bond donors (Lipinski definition) is 1. The van der Waals surface area contributed by atoms with Gasteiger partial charge in [-0.3, -0.25) is 4.99 Å². The lowest BCUT2D eigenvalue weighted by Gasteiger charge is -2.14. The third kappa shape index (κ3) is 4.13. The van der Waals surface area contributed by atoms with Crippen molar-refractivity contribution in [3.63, 3.8) is 0 Å². The van der Waals surface area contributed by atoms with Crippen LogP contribution >= 0.6 is 0 Å². The molecule has 0 aromatic heterocycles. The Morgan fingerprint density at radius 3 is 2.69 bits per heavy atom. The van der Waals surface area contributed by atoms with Crippen molar-refractivity contribution < 1.29 is 4.79 Å². The molecule has 0 unspecified atom stereocenters. The first kappa shape index (κ1) is 11.5. The maximum Gasteiger partial charge on any atom is 0.142 e. The first-order valence-electron chi connectivity index (χ1n) is 3.91. The Bertz CT molecular complexity index is 262. The molecule has 0 bridgehead atoms. The fraction of sp³-hybridized carbons (Fsp3) is 0.444. The van der Waals surface area contributed by atoms with Crippen LogP contribution in [-0.4, -0.2) is 37.2 Å². The Morgan fingerprint density at radius 1 is 1.69 bits per heavy atom. The van der Waals surface area contributed by atoms with Crippen LogP contribution in [-0.2, 0) is 4.79 Å². The molecule has 4 nitrogen and oxygen atoms in total. The van der Waals surface area contributed by atoms with Gasteiger partial charge in [-0.25, -0.2) is 4.79 Å². The van der Waals surface area contributed by atoms with Crippen LogP contribution in [0.15, 0.2) is 23.0 Å². The Morgan fingerprint density at radius 2 is 2.31 bits per heavy atom. The second-order valence-corrected chi connectivity index (χ2v) is 2.66. The van der Waals surface area contributed by atoms with Gasteiger partial charge in [0, 0.05) is 38.1 Å². The van der Waals surface area contributed by atoms with E-state index in [4.69, 9.17) is 5.73 Å². The van der Waals surface area contributed by atoms with Gasteiger partial charge in [0.15, 0.2) is 0 Å². The highest BCUT2D eigenvalue weighted by Crippen LogP contribution is 1.98. The predicted molar refractivity (Wildman–Crippen MR) is 54.2 cm³/mol. The first-order chi connectivity index (χ1) is 6.15. The van der Waals surface area contributed by atoms with E-state index in [1.165, 1.54) is 12.4 Å². The molecule has 0 spiro atoms. The molecule has 0 saturated carbocycles. The molecule has 4 heteroatoms. The zero-order chi connectivity index (χ0) is 10.3. The van der Waals surface area contributed by atoms with Crippen molar-refractivity contribution in [2.45, 2.75) is 6.92 Å². The van der Waals surface area contributed by atoms with Gasteiger partial charge in [-0.1, -0.05) is 0 Å². The summed E-state index contributed by atoms with van der Waals surface area (Å²) in [5.74, 6) is 1.70. The summed E-state index contributed by atoms with van der Waals surface area (Å²) in [5.41, 5.74) is 7.18. The van der Waals surface area contributed by atoms with Crippen LogP contribution in [0.2, 0.25) is 0 Å². The maximum absolute atomic E-state index is 10.0. The van der Waals surface area contributed by atoms with E-state index >= 15 is 0 Å². The van der Waals surface area contributed by atoms with Crippen LogP contribution in [0, 0.1) is 0 Å². The van der Waals surface area contributed by atoms with Crippen LogP contribution in [0.4, 0.5) is 0 Å². The molecular formula is C9H15N3O. The third-order valence-electron chi connectivity index (χ3n) is 1.69. The van der Waals surface area contributed by atoms with Crippen LogP contribution in [0.1, 0.15) is 6.92 Å². The Kier molecular flexibility index (Phi) is 5.32. The molecule has 0 amide bonds. The van der Waals surface area contributed by atoms with E-state index in [-0.39, 0.29) is 0 Å². The molecule has 0 aliphatic carbocycles. The summed E-state index contributed by atoms with van der Waals surface area (Å²) in [6.45, 7) is 2.44.